The molecule has 0 aromatic heterocycles. The van der Waals surface area contributed by atoms with Crippen LogP contribution in [-0.2, 0) is 28.1 Å². The van der Waals surface area contributed by atoms with Gasteiger partial charge in [-0.3, -0.25) is 4.90 Å². The van der Waals surface area contributed by atoms with Crippen molar-refractivity contribution in [2.75, 3.05) is 19.7 Å². The van der Waals surface area contributed by atoms with E-state index in [0.717, 1.165) is 30.8 Å². The van der Waals surface area contributed by atoms with Crippen molar-refractivity contribution < 1.29 is 14.6 Å². The van der Waals surface area contributed by atoms with Crippen LogP contribution < -0.4 is 0 Å². The molecule has 0 spiro atoms. The highest BCUT2D eigenvalue weighted by atomic mass is 16.5. The van der Waals surface area contributed by atoms with Crippen molar-refractivity contribution in [3.8, 4) is 0 Å². The highest BCUT2D eigenvalue weighted by Crippen LogP contribution is 2.35. The van der Waals surface area contributed by atoms with E-state index in [-0.39, 0.29) is 5.97 Å². The molecule has 0 aliphatic carbocycles. The first-order chi connectivity index (χ1) is 13.6. The second-order valence-corrected chi connectivity index (χ2v) is 7.31. The van der Waals surface area contributed by atoms with Crippen molar-refractivity contribution in [2.24, 2.45) is 0 Å². The van der Waals surface area contributed by atoms with Crippen molar-refractivity contribution in [3.63, 3.8) is 0 Å². The quantitative estimate of drug-likeness (QED) is 0.587. The Bertz CT molecular complexity index is 793. The van der Waals surface area contributed by atoms with Gasteiger partial charge in [-0.05, 0) is 42.9 Å². The van der Waals surface area contributed by atoms with Gasteiger partial charge in [-0.25, -0.2) is 4.79 Å². The summed E-state index contributed by atoms with van der Waals surface area (Å²) in [5.74, 6) is -0.326. The first-order valence-electron chi connectivity index (χ1n) is 10.0. The number of benzene rings is 2. The van der Waals surface area contributed by atoms with Gasteiger partial charge in [0.2, 0.25) is 0 Å². The van der Waals surface area contributed by atoms with Gasteiger partial charge in [-0.1, -0.05) is 60.7 Å². The summed E-state index contributed by atoms with van der Waals surface area (Å²) >= 11 is 0. The summed E-state index contributed by atoms with van der Waals surface area (Å²) in [6.45, 7) is 4.80. The molecule has 4 nitrogen and oxygen atoms in total. The van der Waals surface area contributed by atoms with Gasteiger partial charge in [0.1, 0.15) is 0 Å². The zero-order valence-electron chi connectivity index (χ0n) is 16.5. The molecule has 0 radical (unpaired) electrons. The second kappa shape index (κ2) is 9.67. The first-order valence-corrected chi connectivity index (χ1v) is 10.0. The molecular formula is C24H29NO3. The fraction of sp³-hybridized carbons (Fsp3) is 0.375. The lowest BCUT2D eigenvalue weighted by Crippen LogP contribution is -2.42. The van der Waals surface area contributed by atoms with Gasteiger partial charge >= 0.3 is 5.97 Å². The predicted octanol–water partition coefficient (Wildman–Crippen LogP) is 3.83. The van der Waals surface area contributed by atoms with Crippen LogP contribution in [0.2, 0.25) is 0 Å². The number of allylic oxidation sites excluding steroid dienone is 1. The Morgan fingerprint density at radius 2 is 1.79 bits per heavy atom. The number of nitrogens with zero attached hydrogens (tertiary/aromatic N) is 1. The number of piperidine rings is 1. The standard InChI is InChI=1S/C24H29NO3/c1-2-28-23(26)14-8-12-21-11-6-7-13-22(21)24(27)15-17-25(18-16-24)19-20-9-4-3-5-10-20/h3-11,13-14,27H,2,12,15-19H2,1H3/b14-8+. The highest BCUT2D eigenvalue weighted by Gasteiger charge is 2.35. The number of hydrogen-bond donors (Lipinski definition) is 1. The van der Waals surface area contributed by atoms with Crippen LogP contribution in [0.3, 0.4) is 0 Å². The van der Waals surface area contributed by atoms with E-state index in [1.807, 2.05) is 36.4 Å². The lowest BCUT2D eigenvalue weighted by atomic mass is 9.81. The van der Waals surface area contributed by atoms with E-state index in [0.29, 0.717) is 25.9 Å². The molecule has 3 rings (SSSR count). The molecule has 1 heterocycles. The molecule has 2 aromatic rings. The van der Waals surface area contributed by atoms with E-state index in [1.165, 1.54) is 11.6 Å². The van der Waals surface area contributed by atoms with E-state index in [9.17, 15) is 9.90 Å². The topological polar surface area (TPSA) is 49.8 Å². The molecule has 1 N–H and O–H groups in total. The maximum Gasteiger partial charge on any atom is 0.330 e. The van der Waals surface area contributed by atoms with Crippen molar-refractivity contribution in [3.05, 3.63) is 83.4 Å². The number of hydrogen-bond acceptors (Lipinski definition) is 4. The summed E-state index contributed by atoms with van der Waals surface area (Å²) < 4.78 is 4.93. The minimum atomic E-state index is -0.818. The normalized spacial score (nSPS) is 16.9. The van der Waals surface area contributed by atoms with Crippen LogP contribution in [0, 0.1) is 0 Å². The minimum absolute atomic E-state index is 0.326. The lowest BCUT2D eigenvalue weighted by Gasteiger charge is -2.39. The SMILES string of the molecule is CCOC(=O)/C=C/Cc1ccccc1C1(O)CCN(Cc2ccccc2)CC1. The number of aliphatic hydroxyl groups is 1. The van der Waals surface area contributed by atoms with Crippen molar-refractivity contribution in [2.45, 2.75) is 38.3 Å². The van der Waals surface area contributed by atoms with Gasteiger partial charge in [0.05, 0.1) is 12.2 Å². The average Bonchev–Trinajstić information content (AvgIpc) is 2.71. The zero-order valence-corrected chi connectivity index (χ0v) is 16.5. The van der Waals surface area contributed by atoms with Gasteiger partial charge < -0.3 is 9.84 Å². The molecule has 1 saturated heterocycles. The van der Waals surface area contributed by atoms with E-state index < -0.39 is 5.60 Å². The smallest absolute Gasteiger partial charge is 0.330 e. The predicted molar refractivity (Wildman–Crippen MR) is 111 cm³/mol. The molecule has 1 aliphatic rings. The largest absolute Gasteiger partial charge is 0.463 e. The maximum absolute atomic E-state index is 11.5. The van der Waals surface area contributed by atoms with Crippen LogP contribution in [-0.4, -0.2) is 35.7 Å². The summed E-state index contributed by atoms with van der Waals surface area (Å²) in [6.07, 6.45) is 5.29. The first kappa shape index (κ1) is 20.3. The van der Waals surface area contributed by atoms with Crippen LogP contribution in [0.5, 0.6) is 0 Å². The Morgan fingerprint density at radius 1 is 1.11 bits per heavy atom. The number of carbonyl (C=O) groups excluding carboxylic acids is 1. The Hall–Kier alpha value is -2.43. The fourth-order valence-electron chi connectivity index (χ4n) is 3.82. The number of ether oxygens (including phenoxy) is 1. The molecule has 0 bridgehead atoms. The Morgan fingerprint density at radius 3 is 2.50 bits per heavy atom. The van der Waals surface area contributed by atoms with Crippen molar-refractivity contribution in [1.82, 2.24) is 4.90 Å². The molecule has 148 valence electrons. The summed E-state index contributed by atoms with van der Waals surface area (Å²) in [5.41, 5.74) is 2.52. The van der Waals surface area contributed by atoms with Crippen LogP contribution in [0.15, 0.2) is 66.7 Å². The van der Waals surface area contributed by atoms with Crippen LogP contribution in [0.4, 0.5) is 0 Å². The number of rotatable bonds is 7. The lowest BCUT2D eigenvalue weighted by molar-refractivity contribution is -0.137. The zero-order chi connectivity index (χ0) is 19.8. The molecule has 1 aliphatic heterocycles. The third-order valence-electron chi connectivity index (χ3n) is 5.33. The molecule has 0 saturated carbocycles. The summed E-state index contributed by atoms with van der Waals surface area (Å²) in [7, 11) is 0. The number of carbonyl (C=O) groups is 1. The van der Waals surface area contributed by atoms with Crippen LogP contribution in [0.25, 0.3) is 0 Å². The average molecular weight is 380 g/mol. The third-order valence-corrected chi connectivity index (χ3v) is 5.33. The monoisotopic (exact) mass is 379 g/mol. The van der Waals surface area contributed by atoms with Gasteiger partial charge in [0.15, 0.2) is 0 Å². The van der Waals surface area contributed by atoms with E-state index in [4.69, 9.17) is 4.74 Å². The van der Waals surface area contributed by atoms with E-state index >= 15 is 0 Å². The molecule has 4 heteroatoms. The summed E-state index contributed by atoms with van der Waals surface area (Å²) in [6, 6.07) is 18.4. The van der Waals surface area contributed by atoms with Gasteiger partial charge in [-0.2, -0.15) is 0 Å². The third kappa shape index (κ3) is 5.31. The minimum Gasteiger partial charge on any atom is -0.463 e. The van der Waals surface area contributed by atoms with Crippen molar-refractivity contribution in [1.29, 1.82) is 0 Å². The molecule has 0 amide bonds. The maximum atomic E-state index is 11.5. The van der Waals surface area contributed by atoms with Crippen LogP contribution in [0.1, 0.15) is 36.5 Å². The summed E-state index contributed by atoms with van der Waals surface area (Å²) in [5, 5.41) is 11.4. The Kier molecular flexibility index (Phi) is 7.01. The number of likely N-dealkylation sites (tertiary alicyclic amines) is 1. The van der Waals surface area contributed by atoms with Crippen molar-refractivity contribution >= 4 is 5.97 Å². The molecular weight excluding hydrogens is 350 g/mol. The number of esters is 1. The highest BCUT2D eigenvalue weighted by molar-refractivity contribution is 5.81. The Labute approximate surface area is 167 Å². The van der Waals surface area contributed by atoms with E-state index in [2.05, 4.69) is 29.2 Å². The van der Waals surface area contributed by atoms with Gasteiger partial charge in [0, 0.05) is 25.7 Å². The van der Waals surface area contributed by atoms with Crippen LogP contribution >= 0.6 is 0 Å². The molecule has 0 atom stereocenters. The summed E-state index contributed by atoms with van der Waals surface area (Å²) in [4.78, 5) is 13.9. The molecule has 2 aromatic carbocycles. The van der Waals surface area contributed by atoms with Gasteiger partial charge in [0.25, 0.3) is 0 Å². The molecule has 28 heavy (non-hydrogen) atoms. The van der Waals surface area contributed by atoms with Gasteiger partial charge in [-0.15, -0.1) is 0 Å². The fourth-order valence-corrected chi connectivity index (χ4v) is 3.82. The van der Waals surface area contributed by atoms with E-state index in [1.54, 1.807) is 6.92 Å². The second-order valence-electron chi connectivity index (χ2n) is 7.31. The molecule has 1 fully saturated rings. The molecule has 0 unspecified atom stereocenters. The Balaban J connectivity index is 1.64.